The summed E-state index contributed by atoms with van der Waals surface area (Å²) in [6.45, 7) is -0.0602. The standard InChI is InChI=1S/C18H19NO2/c20-12-16-11-17(19-18(16)21)10-13-6-8-15(9-7-13)14-4-2-1-3-5-14/h1-9,16-17,20H,10-12H2,(H,19,21). The van der Waals surface area contributed by atoms with Gasteiger partial charge < -0.3 is 10.4 Å². The summed E-state index contributed by atoms with van der Waals surface area (Å²) in [4.78, 5) is 11.6. The molecule has 21 heavy (non-hydrogen) atoms. The molecular weight excluding hydrogens is 262 g/mol. The molecule has 0 aromatic heterocycles. The molecule has 2 atom stereocenters. The van der Waals surface area contributed by atoms with Gasteiger partial charge in [0.05, 0.1) is 12.5 Å². The fourth-order valence-electron chi connectivity index (χ4n) is 2.87. The minimum Gasteiger partial charge on any atom is -0.396 e. The molecule has 0 bridgehead atoms. The maximum atomic E-state index is 11.6. The Bertz CT molecular complexity index is 607. The number of hydrogen-bond acceptors (Lipinski definition) is 2. The van der Waals surface area contributed by atoms with Crippen molar-refractivity contribution in [3.05, 3.63) is 60.2 Å². The van der Waals surface area contributed by atoms with Gasteiger partial charge in [-0.2, -0.15) is 0 Å². The zero-order valence-electron chi connectivity index (χ0n) is 11.8. The molecule has 1 fully saturated rings. The molecule has 1 heterocycles. The molecule has 1 aliphatic rings. The Kier molecular flexibility index (Phi) is 4.02. The van der Waals surface area contributed by atoms with E-state index >= 15 is 0 Å². The van der Waals surface area contributed by atoms with Crippen molar-refractivity contribution in [1.82, 2.24) is 5.32 Å². The first-order valence-corrected chi connectivity index (χ1v) is 7.32. The van der Waals surface area contributed by atoms with Gasteiger partial charge in [-0.05, 0) is 29.5 Å². The molecule has 0 radical (unpaired) electrons. The average molecular weight is 281 g/mol. The molecule has 0 spiro atoms. The van der Waals surface area contributed by atoms with Gasteiger partial charge in [-0.3, -0.25) is 4.79 Å². The minimum atomic E-state index is -0.237. The molecule has 2 aromatic carbocycles. The van der Waals surface area contributed by atoms with E-state index in [1.54, 1.807) is 0 Å². The van der Waals surface area contributed by atoms with E-state index in [2.05, 4.69) is 41.7 Å². The number of nitrogens with one attached hydrogen (secondary N) is 1. The highest BCUT2D eigenvalue weighted by atomic mass is 16.3. The number of aliphatic hydroxyl groups excluding tert-OH is 1. The van der Waals surface area contributed by atoms with Gasteiger partial charge in [0.25, 0.3) is 0 Å². The molecule has 2 aromatic rings. The van der Waals surface area contributed by atoms with Gasteiger partial charge in [-0.25, -0.2) is 0 Å². The zero-order chi connectivity index (χ0) is 14.7. The predicted molar refractivity (Wildman–Crippen MR) is 82.7 cm³/mol. The SMILES string of the molecule is O=C1NC(Cc2ccc(-c3ccccc3)cc2)CC1CO. The summed E-state index contributed by atoms with van der Waals surface area (Å²) < 4.78 is 0. The third-order valence-electron chi connectivity index (χ3n) is 4.05. The second-order valence-corrected chi connectivity index (χ2v) is 5.59. The Morgan fingerprint density at radius 2 is 1.67 bits per heavy atom. The van der Waals surface area contributed by atoms with Gasteiger partial charge in [-0.15, -0.1) is 0 Å². The van der Waals surface area contributed by atoms with Crippen LogP contribution in [-0.2, 0) is 11.2 Å². The first-order chi connectivity index (χ1) is 10.3. The molecule has 3 nitrogen and oxygen atoms in total. The van der Waals surface area contributed by atoms with Gasteiger partial charge in [0.15, 0.2) is 0 Å². The predicted octanol–water partition coefficient (Wildman–Crippen LogP) is 2.39. The molecule has 2 N–H and O–H groups in total. The van der Waals surface area contributed by atoms with Crippen LogP contribution in [0.4, 0.5) is 0 Å². The van der Waals surface area contributed by atoms with Gasteiger partial charge in [0.2, 0.25) is 5.91 Å². The maximum absolute atomic E-state index is 11.6. The van der Waals surface area contributed by atoms with E-state index in [1.165, 1.54) is 16.7 Å². The van der Waals surface area contributed by atoms with Gasteiger partial charge in [0.1, 0.15) is 0 Å². The van der Waals surface area contributed by atoms with Crippen molar-refractivity contribution < 1.29 is 9.90 Å². The fraction of sp³-hybridized carbons (Fsp3) is 0.278. The summed E-state index contributed by atoms with van der Waals surface area (Å²) in [5.41, 5.74) is 3.61. The van der Waals surface area contributed by atoms with Crippen LogP contribution in [0.5, 0.6) is 0 Å². The molecule has 1 aliphatic heterocycles. The second kappa shape index (κ2) is 6.10. The number of carbonyl (C=O) groups excluding carboxylic acids is 1. The Labute approximate surface area is 124 Å². The molecule has 108 valence electrons. The van der Waals surface area contributed by atoms with Gasteiger partial charge >= 0.3 is 0 Å². The topological polar surface area (TPSA) is 49.3 Å². The molecular formula is C18H19NO2. The maximum Gasteiger partial charge on any atom is 0.225 e. The lowest BCUT2D eigenvalue weighted by Gasteiger charge is -2.10. The Balaban J connectivity index is 1.67. The van der Waals surface area contributed by atoms with Crippen LogP contribution in [0.15, 0.2) is 54.6 Å². The van der Waals surface area contributed by atoms with E-state index < -0.39 is 0 Å². The summed E-state index contributed by atoms with van der Waals surface area (Å²) in [5.74, 6) is -0.262. The molecule has 0 aliphatic carbocycles. The minimum absolute atomic E-state index is 0.0246. The van der Waals surface area contributed by atoms with E-state index in [9.17, 15) is 4.79 Å². The summed E-state index contributed by atoms with van der Waals surface area (Å²) in [7, 11) is 0. The molecule has 1 amide bonds. The number of hydrogen-bond donors (Lipinski definition) is 2. The van der Waals surface area contributed by atoms with Gasteiger partial charge in [-0.1, -0.05) is 54.6 Å². The molecule has 2 unspecified atom stereocenters. The van der Waals surface area contributed by atoms with Crippen LogP contribution < -0.4 is 5.32 Å². The third-order valence-corrected chi connectivity index (χ3v) is 4.05. The summed E-state index contributed by atoms with van der Waals surface area (Å²) in [5, 5.41) is 12.1. The van der Waals surface area contributed by atoms with Crippen LogP contribution >= 0.6 is 0 Å². The second-order valence-electron chi connectivity index (χ2n) is 5.59. The number of amides is 1. The van der Waals surface area contributed by atoms with Crippen LogP contribution in [-0.4, -0.2) is 23.7 Å². The molecule has 0 saturated carbocycles. The fourth-order valence-corrected chi connectivity index (χ4v) is 2.87. The highest BCUT2D eigenvalue weighted by Gasteiger charge is 2.30. The highest BCUT2D eigenvalue weighted by molar-refractivity contribution is 5.81. The Hall–Kier alpha value is -2.13. The smallest absolute Gasteiger partial charge is 0.225 e. The first kappa shape index (κ1) is 13.8. The van der Waals surface area contributed by atoms with E-state index in [4.69, 9.17) is 5.11 Å². The van der Waals surface area contributed by atoms with E-state index in [-0.39, 0.29) is 24.5 Å². The molecule has 1 saturated heterocycles. The van der Waals surface area contributed by atoms with E-state index in [0.717, 1.165) is 12.8 Å². The largest absolute Gasteiger partial charge is 0.396 e. The van der Waals surface area contributed by atoms with Crippen molar-refractivity contribution in [3.63, 3.8) is 0 Å². The Morgan fingerprint density at radius 3 is 2.29 bits per heavy atom. The highest BCUT2D eigenvalue weighted by Crippen LogP contribution is 2.22. The van der Waals surface area contributed by atoms with Gasteiger partial charge in [0, 0.05) is 6.04 Å². The monoisotopic (exact) mass is 281 g/mol. The normalized spacial score (nSPS) is 21.3. The van der Waals surface area contributed by atoms with Crippen molar-refractivity contribution >= 4 is 5.91 Å². The third kappa shape index (κ3) is 3.14. The average Bonchev–Trinajstić information content (AvgIpc) is 2.88. The summed E-state index contributed by atoms with van der Waals surface area (Å²) >= 11 is 0. The number of benzene rings is 2. The van der Waals surface area contributed by atoms with E-state index in [1.807, 2.05) is 18.2 Å². The van der Waals surface area contributed by atoms with Crippen LogP contribution in [0, 0.1) is 5.92 Å². The molecule has 3 rings (SSSR count). The van der Waals surface area contributed by atoms with Crippen molar-refractivity contribution in [3.8, 4) is 11.1 Å². The lowest BCUT2D eigenvalue weighted by atomic mass is 9.98. The first-order valence-electron chi connectivity index (χ1n) is 7.32. The van der Waals surface area contributed by atoms with Crippen molar-refractivity contribution in [2.24, 2.45) is 5.92 Å². The van der Waals surface area contributed by atoms with E-state index in [0.29, 0.717) is 0 Å². The van der Waals surface area contributed by atoms with Crippen molar-refractivity contribution in [2.45, 2.75) is 18.9 Å². The number of aliphatic hydroxyl groups is 1. The molecule has 3 heteroatoms. The number of carbonyl (C=O) groups is 1. The lowest BCUT2D eigenvalue weighted by Crippen LogP contribution is -2.28. The number of rotatable bonds is 4. The van der Waals surface area contributed by atoms with Crippen LogP contribution in [0.25, 0.3) is 11.1 Å². The van der Waals surface area contributed by atoms with Crippen LogP contribution in [0.1, 0.15) is 12.0 Å². The quantitative estimate of drug-likeness (QED) is 0.904. The summed E-state index contributed by atoms with van der Waals surface area (Å²) in [6.07, 6.45) is 1.53. The zero-order valence-corrected chi connectivity index (χ0v) is 11.8. The summed E-state index contributed by atoms with van der Waals surface area (Å²) in [6, 6.07) is 18.9. The van der Waals surface area contributed by atoms with Crippen molar-refractivity contribution in [1.29, 1.82) is 0 Å². The van der Waals surface area contributed by atoms with Crippen LogP contribution in [0.3, 0.4) is 0 Å². The lowest BCUT2D eigenvalue weighted by molar-refractivity contribution is -0.123. The van der Waals surface area contributed by atoms with Crippen molar-refractivity contribution in [2.75, 3.05) is 6.61 Å². The Morgan fingerprint density at radius 1 is 1.00 bits per heavy atom. The van der Waals surface area contributed by atoms with Crippen LogP contribution in [0.2, 0.25) is 0 Å².